The van der Waals surface area contributed by atoms with Crippen molar-refractivity contribution in [1.82, 2.24) is 5.32 Å². The molecule has 0 aromatic rings. The summed E-state index contributed by atoms with van der Waals surface area (Å²) in [6.45, 7) is 2.15. The number of carbonyl (C=O) groups is 2. The van der Waals surface area contributed by atoms with E-state index in [-0.39, 0.29) is 0 Å². The van der Waals surface area contributed by atoms with E-state index in [1.807, 2.05) is 0 Å². The Morgan fingerprint density at radius 2 is 2.00 bits per heavy atom. The van der Waals surface area contributed by atoms with Crippen molar-refractivity contribution in [3.63, 3.8) is 0 Å². The molecule has 1 saturated heterocycles. The van der Waals surface area contributed by atoms with Crippen molar-refractivity contribution in [2.24, 2.45) is 0 Å². The van der Waals surface area contributed by atoms with Crippen LogP contribution in [0.15, 0.2) is 12.3 Å². The fraction of sp³-hybridized carbons (Fsp3) is 0.733. The van der Waals surface area contributed by atoms with Crippen LogP contribution in [-0.4, -0.2) is 51.6 Å². The third kappa shape index (κ3) is 5.40. The van der Waals surface area contributed by atoms with Crippen LogP contribution in [0.1, 0.15) is 45.4 Å². The van der Waals surface area contributed by atoms with Crippen molar-refractivity contribution >= 4 is 11.9 Å². The first-order valence-electron chi connectivity index (χ1n) is 7.69. The van der Waals surface area contributed by atoms with Gasteiger partial charge >= 0.3 is 5.97 Å². The molecule has 0 saturated carbocycles. The molecule has 126 valence electrons. The number of rotatable bonds is 9. The Labute approximate surface area is 130 Å². The van der Waals surface area contributed by atoms with Crippen molar-refractivity contribution in [3.8, 4) is 0 Å². The average Bonchev–Trinajstić information content (AvgIpc) is 2.76. The quantitative estimate of drug-likeness (QED) is 0.351. The van der Waals surface area contributed by atoms with Gasteiger partial charge < -0.3 is 25.4 Å². The molecule has 0 aliphatic carbocycles. The summed E-state index contributed by atoms with van der Waals surface area (Å²) in [6.07, 6.45) is 3.27. The second-order valence-corrected chi connectivity index (χ2v) is 5.40. The summed E-state index contributed by atoms with van der Waals surface area (Å²) < 4.78 is 4.58. The van der Waals surface area contributed by atoms with Crippen molar-refractivity contribution < 1.29 is 29.6 Å². The minimum Gasteiger partial charge on any atom is -0.454 e. The van der Waals surface area contributed by atoms with Crippen molar-refractivity contribution in [1.29, 1.82) is 0 Å². The highest BCUT2D eigenvalue weighted by atomic mass is 16.6. The predicted octanol–water partition coefficient (Wildman–Crippen LogP) is -0.0151. The van der Waals surface area contributed by atoms with E-state index in [1.165, 1.54) is 25.5 Å². The van der Waals surface area contributed by atoms with Crippen molar-refractivity contribution in [2.45, 2.75) is 69.9 Å². The molecule has 0 aromatic carbocycles. The molecule has 4 N–H and O–H groups in total. The molecule has 0 bridgehead atoms. The Balaban J connectivity index is 2.26. The molecule has 22 heavy (non-hydrogen) atoms. The first-order valence-corrected chi connectivity index (χ1v) is 7.69. The monoisotopic (exact) mass is 315 g/mol. The molecule has 4 atom stereocenters. The van der Waals surface area contributed by atoms with Crippen LogP contribution in [0.5, 0.6) is 0 Å². The topological polar surface area (TPSA) is 116 Å². The zero-order chi connectivity index (χ0) is 16.5. The van der Waals surface area contributed by atoms with Gasteiger partial charge in [0.2, 0.25) is 0 Å². The number of esters is 1. The van der Waals surface area contributed by atoms with E-state index in [1.54, 1.807) is 6.08 Å². The molecule has 1 amide bonds. The maximum Gasteiger partial charge on any atom is 0.338 e. The molecule has 1 rings (SSSR count). The van der Waals surface area contributed by atoms with Gasteiger partial charge in [-0.2, -0.15) is 0 Å². The van der Waals surface area contributed by atoms with Gasteiger partial charge in [-0.05, 0) is 19.0 Å². The van der Waals surface area contributed by atoms with E-state index >= 15 is 0 Å². The number of ether oxygens (including phenoxy) is 1. The Morgan fingerprint density at radius 1 is 1.32 bits per heavy atom. The summed E-state index contributed by atoms with van der Waals surface area (Å²) in [5.41, 5.74) is 0. The number of amides is 1. The Morgan fingerprint density at radius 3 is 2.59 bits per heavy atom. The van der Waals surface area contributed by atoms with Crippen LogP contribution < -0.4 is 5.32 Å². The molecule has 7 heteroatoms. The van der Waals surface area contributed by atoms with Crippen molar-refractivity contribution in [3.05, 3.63) is 12.3 Å². The molecular formula is C15H25NO6. The number of nitrogens with one attached hydrogen (secondary N) is 1. The lowest BCUT2D eigenvalue weighted by atomic mass is 10.1. The van der Waals surface area contributed by atoms with E-state index in [0.29, 0.717) is 0 Å². The highest BCUT2D eigenvalue weighted by Gasteiger charge is 2.48. The molecule has 0 radical (unpaired) electrons. The van der Waals surface area contributed by atoms with Gasteiger partial charge in [0, 0.05) is 0 Å². The Hall–Kier alpha value is -1.44. The van der Waals surface area contributed by atoms with E-state index in [2.05, 4.69) is 17.0 Å². The van der Waals surface area contributed by atoms with E-state index in [9.17, 15) is 24.9 Å². The largest absolute Gasteiger partial charge is 0.454 e. The number of aliphatic hydroxyl groups is 3. The van der Waals surface area contributed by atoms with Crippen LogP contribution in [0.4, 0.5) is 0 Å². The van der Waals surface area contributed by atoms with E-state index in [0.717, 1.165) is 19.3 Å². The SMILES string of the molecule is CCCCCCCC=CNC(=O)C(O)[C@H]1OC(=O)[C@@H](O)[C@H]1O. The van der Waals surface area contributed by atoms with Gasteiger partial charge in [0.25, 0.3) is 5.91 Å². The fourth-order valence-corrected chi connectivity index (χ4v) is 2.17. The number of aliphatic hydroxyl groups excluding tert-OH is 3. The smallest absolute Gasteiger partial charge is 0.338 e. The first kappa shape index (κ1) is 18.6. The van der Waals surface area contributed by atoms with Gasteiger partial charge in [0.1, 0.15) is 6.10 Å². The number of cyclic esters (lactones) is 1. The molecule has 1 aliphatic heterocycles. The van der Waals surface area contributed by atoms with Crippen LogP contribution in [-0.2, 0) is 14.3 Å². The average molecular weight is 315 g/mol. The van der Waals surface area contributed by atoms with E-state index in [4.69, 9.17) is 0 Å². The Bertz CT molecular complexity index is 397. The third-order valence-corrected chi connectivity index (χ3v) is 3.55. The van der Waals surface area contributed by atoms with Crippen LogP contribution in [0.2, 0.25) is 0 Å². The lowest BCUT2D eigenvalue weighted by molar-refractivity contribution is -0.153. The standard InChI is InChI=1S/C15H25NO6/c1-2-3-4-5-6-7-8-9-16-14(20)12(19)13-10(17)11(18)15(21)22-13/h8-13,17-19H,2-7H2,1H3,(H,16,20)/t10-,11+,12?,13+/m1/s1. The zero-order valence-corrected chi connectivity index (χ0v) is 12.8. The third-order valence-electron chi connectivity index (χ3n) is 3.55. The maximum atomic E-state index is 11.7. The lowest BCUT2D eigenvalue weighted by Crippen LogP contribution is -2.46. The number of unbranched alkanes of at least 4 members (excludes halogenated alkanes) is 5. The second-order valence-electron chi connectivity index (χ2n) is 5.40. The summed E-state index contributed by atoms with van der Waals surface area (Å²) >= 11 is 0. The molecule has 7 nitrogen and oxygen atoms in total. The molecule has 1 aliphatic rings. The minimum absolute atomic E-state index is 0.798. The highest BCUT2D eigenvalue weighted by Crippen LogP contribution is 2.19. The van der Waals surface area contributed by atoms with Gasteiger partial charge in [0.15, 0.2) is 18.3 Å². The second kappa shape index (κ2) is 9.55. The summed E-state index contributed by atoms with van der Waals surface area (Å²) in [6, 6.07) is 0. The van der Waals surface area contributed by atoms with Crippen LogP contribution in [0.25, 0.3) is 0 Å². The number of hydrogen-bond donors (Lipinski definition) is 4. The summed E-state index contributed by atoms with van der Waals surface area (Å²) in [5, 5.41) is 30.8. The number of hydrogen-bond acceptors (Lipinski definition) is 6. The lowest BCUT2D eigenvalue weighted by Gasteiger charge is -2.18. The van der Waals surface area contributed by atoms with Gasteiger partial charge in [-0.25, -0.2) is 4.79 Å². The highest BCUT2D eigenvalue weighted by molar-refractivity contribution is 5.84. The molecule has 1 heterocycles. The summed E-state index contributed by atoms with van der Waals surface area (Å²) in [7, 11) is 0. The molecular weight excluding hydrogens is 290 g/mol. The Kier molecular flexibility index (Phi) is 8.08. The molecule has 1 fully saturated rings. The number of carbonyl (C=O) groups excluding carboxylic acids is 2. The normalized spacial score (nSPS) is 26.2. The predicted molar refractivity (Wildman–Crippen MR) is 78.6 cm³/mol. The van der Waals surface area contributed by atoms with E-state index < -0.39 is 36.3 Å². The number of allylic oxidation sites excluding steroid dienone is 1. The molecule has 1 unspecified atom stereocenters. The van der Waals surface area contributed by atoms with Gasteiger partial charge in [-0.15, -0.1) is 0 Å². The molecule has 0 spiro atoms. The minimum atomic E-state index is -1.73. The van der Waals surface area contributed by atoms with Gasteiger partial charge in [-0.1, -0.05) is 38.7 Å². The summed E-state index contributed by atoms with van der Waals surface area (Å²) in [5.74, 6) is -1.85. The summed E-state index contributed by atoms with van der Waals surface area (Å²) in [4.78, 5) is 22.7. The zero-order valence-electron chi connectivity index (χ0n) is 12.8. The maximum absolute atomic E-state index is 11.7. The van der Waals surface area contributed by atoms with Crippen LogP contribution in [0.3, 0.4) is 0 Å². The first-order chi connectivity index (χ1) is 10.5. The fourth-order valence-electron chi connectivity index (χ4n) is 2.17. The van der Waals surface area contributed by atoms with Crippen molar-refractivity contribution in [2.75, 3.05) is 0 Å². The van der Waals surface area contributed by atoms with Crippen LogP contribution >= 0.6 is 0 Å². The van der Waals surface area contributed by atoms with Crippen LogP contribution in [0, 0.1) is 0 Å². The van der Waals surface area contributed by atoms with Gasteiger partial charge in [-0.3, -0.25) is 4.79 Å². The molecule has 0 aromatic heterocycles. The van der Waals surface area contributed by atoms with Gasteiger partial charge in [0.05, 0.1) is 0 Å².